The van der Waals surface area contributed by atoms with Crippen LogP contribution in [0.25, 0.3) is 0 Å². The highest BCUT2D eigenvalue weighted by Crippen LogP contribution is 2.45. The van der Waals surface area contributed by atoms with Crippen molar-refractivity contribution in [3.63, 3.8) is 0 Å². The molecule has 0 aromatic heterocycles. The molecule has 1 rings (SSSR count). The molecule has 1 fully saturated rings. The van der Waals surface area contributed by atoms with Gasteiger partial charge in [0.2, 0.25) is 5.91 Å². The number of aliphatic hydroxyl groups is 1. The van der Waals surface area contributed by atoms with Gasteiger partial charge in [-0.1, -0.05) is 26.2 Å². The summed E-state index contributed by atoms with van der Waals surface area (Å²) in [6.07, 6.45) is 5.02. The fourth-order valence-electron chi connectivity index (χ4n) is 4.01. The number of carboxylic acids is 1. The zero-order chi connectivity index (χ0) is 21.4. The fraction of sp³-hybridized carbons (Fsp3) is 0.857. The van der Waals surface area contributed by atoms with Crippen LogP contribution in [0, 0.1) is 11.3 Å². The van der Waals surface area contributed by atoms with E-state index >= 15 is 0 Å². The third kappa shape index (κ3) is 7.78. The summed E-state index contributed by atoms with van der Waals surface area (Å²) >= 11 is 0. The van der Waals surface area contributed by atoms with Gasteiger partial charge in [-0.05, 0) is 52.9 Å². The summed E-state index contributed by atoms with van der Waals surface area (Å²) in [4.78, 5) is 36.9. The maximum Gasteiger partial charge on any atom is 0.309 e. The van der Waals surface area contributed by atoms with Gasteiger partial charge in [0.25, 0.3) is 0 Å². The van der Waals surface area contributed by atoms with Crippen molar-refractivity contribution in [3.05, 3.63) is 0 Å². The minimum atomic E-state index is -1.02. The van der Waals surface area contributed by atoms with E-state index in [1.54, 1.807) is 0 Å². The average Bonchev–Trinajstić information content (AvgIpc) is 3.02. The number of carbonyl (C=O) groups is 3. The lowest BCUT2D eigenvalue weighted by atomic mass is 9.75. The number of ether oxygens (including phenoxy) is 1. The van der Waals surface area contributed by atoms with Gasteiger partial charge in [0.1, 0.15) is 5.60 Å². The van der Waals surface area contributed by atoms with E-state index in [1.165, 1.54) is 0 Å². The quantitative estimate of drug-likeness (QED) is 0.460. The van der Waals surface area contributed by atoms with E-state index in [2.05, 4.69) is 5.32 Å². The number of aliphatic carboxylic acids is 1. The third-order valence-corrected chi connectivity index (χ3v) is 5.29. The Morgan fingerprint density at radius 2 is 1.75 bits per heavy atom. The number of hydrogen-bond acceptors (Lipinski definition) is 5. The van der Waals surface area contributed by atoms with Crippen LogP contribution >= 0.6 is 0 Å². The number of aliphatic hydroxyl groups excluding tert-OH is 1. The minimum absolute atomic E-state index is 0.193. The van der Waals surface area contributed by atoms with Crippen LogP contribution in [0.3, 0.4) is 0 Å². The Morgan fingerprint density at radius 3 is 2.21 bits per heavy atom. The summed E-state index contributed by atoms with van der Waals surface area (Å²) in [6, 6.07) is -0.612. The van der Waals surface area contributed by atoms with Gasteiger partial charge in [-0.25, -0.2) is 0 Å². The fourth-order valence-corrected chi connectivity index (χ4v) is 4.01. The van der Waals surface area contributed by atoms with Gasteiger partial charge < -0.3 is 20.3 Å². The maximum atomic E-state index is 13.1. The highest BCUT2D eigenvalue weighted by molar-refractivity contribution is 5.85. The molecular formula is C21H37NO6. The number of rotatable bonds is 11. The summed E-state index contributed by atoms with van der Waals surface area (Å²) < 4.78 is 5.58. The van der Waals surface area contributed by atoms with Crippen molar-refractivity contribution < 1.29 is 29.3 Å². The average molecular weight is 400 g/mol. The topological polar surface area (TPSA) is 113 Å². The zero-order valence-electron chi connectivity index (χ0n) is 17.8. The van der Waals surface area contributed by atoms with Gasteiger partial charge >= 0.3 is 11.9 Å². The van der Waals surface area contributed by atoms with Crippen molar-refractivity contribution in [2.45, 2.75) is 97.1 Å². The lowest BCUT2D eigenvalue weighted by Gasteiger charge is -2.33. The lowest BCUT2D eigenvalue weighted by molar-refractivity contribution is -0.162. The Bertz CT molecular complexity index is 534. The summed E-state index contributed by atoms with van der Waals surface area (Å²) in [5.41, 5.74) is -1.26. The van der Waals surface area contributed by atoms with Crippen molar-refractivity contribution in [2.75, 3.05) is 6.61 Å². The smallest absolute Gasteiger partial charge is 0.309 e. The molecule has 0 aliphatic heterocycles. The molecule has 0 aromatic carbocycles. The normalized spacial score (nSPS) is 18.3. The second kappa shape index (κ2) is 10.8. The molecule has 7 heteroatoms. The van der Waals surface area contributed by atoms with Gasteiger partial charge in [-0.15, -0.1) is 0 Å². The van der Waals surface area contributed by atoms with Crippen LogP contribution in [0.5, 0.6) is 0 Å². The molecule has 0 unspecified atom stereocenters. The summed E-state index contributed by atoms with van der Waals surface area (Å²) in [5.74, 6) is -1.85. The standard InChI is InChI=1S/C21H37NO6/c1-5-8-15(18(26)28-20(2,3)4)14-21(10-6-7-11-21)19(27)22-16(9-12-23)13-17(24)25/h15-16,23H,5-14H2,1-4H3,(H,22,27)(H,24,25)/t15-,16+/m0/s1. The molecule has 1 saturated carbocycles. The molecule has 1 aliphatic carbocycles. The molecule has 162 valence electrons. The first-order valence-electron chi connectivity index (χ1n) is 10.4. The van der Waals surface area contributed by atoms with E-state index in [-0.39, 0.29) is 37.2 Å². The third-order valence-electron chi connectivity index (χ3n) is 5.29. The lowest BCUT2D eigenvalue weighted by Crippen LogP contribution is -2.47. The number of hydrogen-bond donors (Lipinski definition) is 3. The summed E-state index contributed by atoms with van der Waals surface area (Å²) in [5, 5.41) is 21.1. The molecule has 0 aromatic rings. The highest BCUT2D eigenvalue weighted by atomic mass is 16.6. The molecule has 1 amide bonds. The predicted octanol–water partition coefficient (Wildman–Crippen LogP) is 3.04. The second-order valence-electron chi connectivity index (χ2n) is 8.99. The Hall–Kier alpha value is -1.63. The molecule has 2 atom stereocenters. The molecule has 28 heavy (non-hydrogen) atoms. The van der Waals surface area contributed by atoms with Crippen molar-refractivity contribution in [2.24, 2.45) is 11.3 Å². The summed E-state index contributed by atoms with van der Waals surface area (Å²) in [6.45, 7) is 7.30. The number of carboxylic acid groups (broad SMARTS) is 1. The second-order valence-corrected chi connectivity index (χ2v) is 8.99. The van der Waals surface area contributed by atoms with Crippen LogP contribution < -0.4 is 5.32 Å². The van der Waals surface area contributed by atoms with Crippen molar-refractivity contribution >= 4 is 17.8 Å². The molecule has 7 nitrogen and oxygen atoms in total. The van der Waals surface area contributed by atoms with Crippen LogP contribution in [0.15, 0.2) is 0 Å². The van der Waals surface area contributed by atoms with Crippen molar-refractivity contribution in [3.8, 4) is 0 Å². The minimum Gasteiger partial charge on any atom is -0.481 e. The predicted molar refractivity (Wildman–Crippen MR) is 106 cm³/mol. The number of carbonyl (C=O) groups excluding carboxylic acids is 2. The van der Waals surface area contributed by atoms with Gasteiger partial charge in [-0.2, -0.15) is 0 Å². The van der Waals surface area contributed by atoms with Gasteiger partial charge in [0.15, 0.2) is 0 Å². The number of esters is 1. The van der Waals surface area contributed by atoms with Crippen LogP contribution in [-0.4, -0.2) is 46.3 Å². The molecule has 0 heterocycles. The Morgan fingerprint density at radius 1 is 1.14 bits per heavy atom. The van der Waals surface area contributed by atoms with Gasteiger partial charge in [0.05, 0.1) is 17.8 Å². The first-order chi connectivity index (χ1) is 13.0. The molecular weight excluding hydrogens is 362 g/mol. The Kier molecular flexibility index (Phi) is 9.40. The molecule has 0 radical (unpaired) electrons. The van der Waals surface area contributed by atoms with E-state index < -0.39 is 23.0 Å². The van der Waals surface area contributed by atoms with Crippen LogP contribution in [-0.2, 0) is 19.1 Å². The van der Waals surface area contributed by atoms with Crippen LogP contribution in [0.1, 0.15) is 85.5 Å². The van der Waals surface area contributed by atoms with Gasteiger partial charge in [-0.3, -0.25) is 14.4 Å². The maximum absolute atomic E-state index is 13.1. The van der Waals surface area contributed by atoms with Crippen LogP contribution in [0.4, 0.5) is 0 Å². The van der Waals surface area contributed by atoms with E-state index in [1.807, 2.05) is 27.7 Å². The van der Waals surface area contributed by atoms with Crippen molar-refractivity contribution in [1.82, 2.24) is 5.32 Å². The van der Waals surface area contributed by atoms with E-state index in [0.717, 1.165) is 19.3 Å². The van der Waals surface area contributed by atoms with E-state index in [9.17, 15) is 19.5 Å². The first kappa shape index (κ1) is 24.4. The van der Waals surface area contributed by atoms with Crippen LogP contribution in [0.2, 0.25) is 0 Å². The number of amides is 1. The highest BCUT2D eigenvalue weighted by Gasteiger charge is 2.45. The number of nitrogens with one attached hydrogen (secondary N) is 1. The molecule has 0 spiro atoms. The molecule has 0 saturated heterocycles. The Balaban J connectivity index is 2.96. The van der Waals surface area contributed by atoms with Crippen molar-refractivity contribution in [1.29, 1.82) is 0 Å². The zero-order valence-corrected chi connectivity index (χ0v) is 17.8. The molecule has 3 N–H and O–H groups in total. The van der Waals surface area contributed by atoms with Gasteiger partial charge in [0, 0.05) is 12.6 Å². The molecule has 0 bridgehead atoms. The largest absolute Gasteiger partial charge is 0.481 e. The monoisotopic (exact) mass is 399 g/mol. The molecule has 1 aliphatic rings. The Labute approximate surface area is 168 Å². The summed E-state index contributed by atoms with van der Waals surface area (Å²) in [7, 11) is 0. The van der Waals surface area contributed by atoms with E-state index in [0.29, 0.717) is 25.7 Å². The van der Waals surface area contributed by atoms with E-state index in [4.69, 9.17) is 9.84 Å². The first-order valence-corrected chi connectivity index (χ1v) is 10.4. The SMILES string of the molecule is CCC[C@@H](CC1(C(=O)N[C@H](CCO)CC(=O)O)CCCC1)C(=O)OC(C)(C)C.